The predicted molar refractivity (Wildman–Crippen MR) is 62.3 cm³/mol. The molecule has 0 radical (unpaired) electrons. The Morgan fingerprint density at radius 2 is 2.10 bits per heavy atom. The normalized spacial score (nSPS) is 20.4. The first kappa shape index (κ1) is 14.3. The molecule has 0 atom stereocenters. The Hall–Kier alpha value is -2.07. The average molecular weight is 286 g/mol. The van der Waals surface area contributed by atoms with E-state index in [-0.39, 0.29) is 18.9 Å². The molecule has 1 aliphatic heterocycles. The van der Waals surface area contributed by atoms with Gasteiger partial charge < -0.3 is 14.2 Å². The first-order valence-electron chi connectivity index (χ1n) is 5.74. The summed E-state index contributed by atoms with van der Waals surface area (Å²) in [6.45, 7) is 2.80. The molecule has 0 aromatic carbocycles. The van der Waals surface area contributed by atoms with E-state index in [1.54, 1.807) is 13.8 Å². The lowest BCUT2D eigenvalue weighted by Crippen LogP contribution is -2.57. The van der Waals surface area contributed by atoms with Crippen LogP contribution >= 0.6 is 0 Å². The van der Waals surface area contributed by atoms with Crippen molar-refractivity contribution in [2.45, 2.75) is 25.3 Å². The van der Waals surface area contributed by atoms with Gasteiger partial charge >= 0.3 is 11.6 Å². The zero-order valence-corrected chi connectivity index (χ0v) is 11.2. The molecule has 0 saturated carbocycles. The quantitative estimate of drug-likeness (QED) is 0.425. The summed E-state index contributed by atoms with van der Waals surface area (Å²) in [5.41, 5.74) is -1.88. The number of nitrogens with zero attached hydrogens (tertiary/aromatic N) is 4. The lowest BCUT2D eigenvalue weighted by atomic mass is 10.1. The molecule has 0 bridgehead atoms. The standard InChI is InChI=1S/C10H14N4O6/c1-9(2)19-5-10(6-20-9,14(16)17)13-4-7(11-12-13)8(15)18-3/h4H,5-6H2,1-3H3. The monoisotopic (exact) mass is 286 g/mol. The Morgan fingerprint density at radius 3 is 2.60 bits per heavy atom. The fourth-order valence-electron chi connectivity index (χ4n) is 1.65. The highest BCUT2D eigenvalue weighted by Gasteiger charge is 2.53. The second kappa shape index (κ2) is 4.80. The van der Waals surface area contributed by atoms with Crippen molar-refractivity contribution in [1.29, 1.82) is 0 Å². The summed E-state index contributed by atoms with van der Waals surface area (Å²) in [5, 5.41) is 18.5. The van der Waals surface area contributed by atoms with Gasteiger partial charge in [0, 0.05) is 0 Å². The predicted octanol–water partition coefficient (Wildman–Crippen LogP) is -0.223. The number of aromatic nitrogens is 3. The van der Waals surface area contributed by atoms with Crippen LogP contribution in [0.5, 0.6) is 0 Å². The number of hydrogen-bond donors (Lipinski definition) is 0. The van der Waals surface area contributed by atoms with Crippen molar-refractivity contribution >= 4 is 5.97 Å². The van der Waals surface area contributed by atoms with Crippen LogP contribution in [-0.4, -0.2) is 52.0 Å². The van der Waals surface area contributed by atoms with Crippen LogP contribution in [0.4, 0.5) is 0 Å². The van der Waals surface area contributed by atoms with E-state index in [9.17, 15) is 14.9 Å². The summed E-state index contributed by atoms with van der Waals surface area (Å²) in [5.74, 6) is -1.64. The van der Waals surface area contributed by atoms with Crippen LogP contribution in [-0.2, 0) is 19.9 Å². The molecule has 2 heterocycles. The molecule has 1 aliphatic rings. The SMILES string of the molecule is COC(=O)c1cn(C2([N+](=O)[O-])COC(C)(C)OC2)nn1. The number of methoxy groups -OCH3 is 1. The summed E-state index contributed by atoms with van der Waals surface area (Å²) in [7, 11) is 1.18. The van der Waals surface area contributed by atoms with E-state index < -0.39 is 22.3 Å². The van der Waals surface area contributed by atoms with E-state index in [0.29, 0.717) is 0 Å². The molecule has 10 heteroatoms. The minimum atomic E-state index is -1.76. The average Bonchev–Trinajstić information content (AvgIpc) is 2.88. The molecule has 0 unspecified atom stereocenters. The van der Waals surface area contributed by atoms with E-state index in [2.05, 4.69) is 15.0 Å². The summed E-state index contributed by atoms with van der Waals surface area (Å²) < 4.78 is 16.1. The molecular formula is C10H14N4O6. The maximum Gasteiger partial charge on any atom is 0.361 e. The maximum absolute atomic E-state index is 11.4. The number of esters is 1. The van der Waals surface area contributed by atoms with Crippen molar-refractivity contribution in [1.82, 2.24) is 15.0 Å². The molecule has 0 aliphatic carbocycles. The van der Waals surface area contributed by atoms with E-state index in [4.69, 9.17) is 9.47 Å². The number of carbonyl (C=O) groups is 1. The fraction of sp³-hybridized carbons (Fsp3) is 0.700. The first-order chi connectivity index (χ1) is 9.31. The van der Waals surface area contributed by atoms with Crippen molar-refractivity contribution < 1.29 is 23.9 Å². The van der Waals surface area contributed by atoms with Gasteiger partial charge in [0.15, 0.2) is 11.5 Å². The highest BCUT2D eigenvalue weighted by atomic mass is 16.7. The molecule has 2 rings (SSSR count). The Balaban J connectivity index is 2.33. The van der Waals surface area contributed by atoms with E-state index >= 15 is 0 Å². The van der Waals surface area contributed by atoms with Crippen molar-refractivity contribution in [3.05, 3.63) is 22.0 Å². The van der Waals surface area contributed by atoms with Crippen LogP contribution in [0.25, 0.3) is 0 Å². The molecule has 0 amide bonds. The molecule has 1 saturated heterocycles. The maximum atomic E-state index is 11.4. The van der Waals surface area contributed by atoms with Crippen molar-refractivity contribution in [2.75, 3.05) is 20.3 Å². The molecule has 1 fully saturated rings. The number of ether oxygens (including phenoxy) is 3. The van der Waals surface area contributed by atoms with Crippen molar-refractivity contribution in [2.24, 2.45) is 0 Å². The molecule has 1 aromatic rings. The summed E-state index contributed by atoms with van der Waals surface area (Å²) in [6.07, 6.45) is 1.14. The van der Waals surface area contributed by atoms with Crippen LogP contribution in [0.2, 0.25) is 0 Å². The van der Waals surface area contributed by atoms with Gasteiger partial charge in [0.1, 0.15) is 13.2 Å². The molecule has 0 N–H and O–H groups in total. The Morgan fingerprint density at radius 1 is 1.50 bits per heavy atom. The molecule has 10 nitrogen and oxygen atoms in total. The van der Waals surface area contributed by atoms with Gasteiger partial charge in [-0.2, -0.15) is 4.68 Å². The van der Waals surface area contributed by atoms with Gasteiger partial charge in [-0.3, -0.25) is 10.1 Å². The minimum Gasteiger partial charge on any atom is -0.464 e. The summed E-state index contributed by atoms with van der Waals surface area (Å²) >= 11 is 0. The Kier molecular flexibility index (Phi) is 3.44. The van der Waals surface area contributed by atoms with Gasteiger partial charge in [-0.05, 0) is 13.8 Å². The third-order valence-electron chi connectivity index (χ3n) is 2.96. The van der Waals surface area contributed by atoms with Crippen LogP contribution in [0.15, 0.2) is 6.20 Å². The Bertz CT molecular complexity index is 530. The zero-order chi connectivity index (χ0) is 15.0. The third-order valence-corrected chi connectivity index (χ3v) is 2.96. The molecule has 1 aromatic heterocycles. The number of hydrogen-bond acceptors (Lipinski definition) is 8. The summed E-state index contributed by atoms with van der Waals surface area (Å²) in [6, 6.07) is 0. The molecular weight excluding hydrogens is 272 g/mol. The van der Waals surface area contributed by atoms with Gasteiger partial charge in [-0.1, -0.05) is 5.21 Å². The second-order valence-corrected chi connectivity index (χ2v) is 4.76. The van der Waals surface area contributed by atoms with Gasteiger partial charge in [-0.25, -0.2) is 4.79 Å². The largest absolute Gasteiger partial charge is 0.464 e. The number of nitro groups is 1. The van der Waals surface area contributed by atoms with Crippen LogP contribution in [0, 0.1) is 10.1 Å². The van der Waals surface area contributed by atoms with Gasteiger partial charge in [0.05, 0.1) is 18.2 Å². The zero-order valence-electron chi connectivity index (χ0n) is 11.2. The van der Waals surface area contributed by atoms with E-state index in [1.807, 2.05) is 0 Å². The van der Waals surface area contributed by atoms with Crippen molar-refractivity contribution in [3.63, 3.8) is 0 Å². The summed E-state index contributed by atoms with van der Waals surface area (Å²) in [4.78, 5) is 22.1. The van der Waals surface area contributed by atoms with Crippen molar-refractivity contribution in [3.8, 4) is 0 Å². The van der Waals surface area contributed by atoms with Gasteiger partial charge in [0.25, 0.3) is 0 Å². The Labute approximate surface area is 113 Å². The molecule has 110 valence electrons. The lowest BCUT2D eigenvalue weighted by Gasteiger charge is -2.37. The van der Waals surface area contributed by atoms with Crippen LogP contribution < -0.4 is 0 Å². The fourth-order valence-corrected chi connectivity index (χ4v) is 1.65. The van der Waals surface area contributed by atoms with Gasteiger partial charge in [0.2, 0.25) is 0 Å². The van der Waals surface area contributed by atoms with E-state index in [0.717, 1.165) is 10.9 Å². The lowest BCUT2D eigenvalue weighted by molar-refractivity contribution is -0.629. The highest BCUT2D eigenvalue weighted by Crippen LogP contribution is 2.29. The smallest absolute Gasteiger partial charge is 0.361 e. The third kappa shape index (κ3) is 2.34. The molecule has 20 heavy (non-hydrogen) atoms. The minimum absolute atomic E-state index is 0.126. The topological polar surface area (TPSA) is 119 Å². The van der Waals surface area contributed by atoms with E-state index in [1.165, 1.54) is 7.11 Å². The van der Waals surface area contributed by atoms with Crippen LogP contribution in [0.3, 0.4) is 0 Å². The first-order valence-corrected chi connectivity index (χ1v) is 5.74. The van der Waals surface area contributed by atoms with Crippen LogP contribution in [0.1, 0.15) is 24.3 Å². The number of rotatable bonds is 3. The highest BCUT2D eigenvalue weighted by molar-refractivity contribution is 5.86. The molecule has 0 spiro atoms. The second-order valence-electron chi connectivity index (χ2n) is 4.76. The number of carbonyl (C=O) groups excluding carboxylic acids is 1. The van der Waals surface area contributed by atoms with Gasteiger partial charge in [-0.15, -0.1) is 5.10 Å².